The van der Waals surface area contributed by atoms with E-state index in [1.807, 2.05) is 0 Å². The minimum Gasteiger partial charge on any atom is -0.507 e. The van der Waals surface area contributed by atoms with Crippen LogP contribution in [0, 0.1) is 0 Å². The fourth-order valence-corrected chi connectivity index (χ4v) is 5.40. The largest absolute Gasteiger partial charge is 0.507 e. The summed E-state index contributed by atoms with van der Waals surface area (Å²) < 4.78 is 5.86. The Hall–Kier alpha value is -6.33. The van der Waals surface area contributed by atoms with Crippen LogP contribution in [0.2, 0.25) is 0 Å². The molecule has 0 radical (unpaired) electrons. The van der Waals surface area contributed by atoms with Crippen molar-refractivity contribution >= 4 is 46.8 Å². The van der Waals surface area contributed by atoms with Crippen molar-refractivity contribution in [3.05, 3.63) is 74.9 Å². The van der Waals surface area contributed by atoms with Gasteiger partial charge < -0.3 is 40.2 Å². The zero-order valence-corrected chi connectivity index (χ0v) is 24.6. The third-order valence-corrected chi connectivity index (χ3v) is 7.13. The van der Waals surface area contributed by atoms with Gasteiger partial charge in [-0.25, -0.2) is 9.59 Å². The number of carboxylic acid groups (broad SMARTS) is 6. The van der Waals surface area contributed by atoms with Crippen molar-refractivity contribution in [1.82, 2.24) is 9.80 Å². The Morgan fingerprint density at radius 3 is 1.73 bits per heavy atom. The Balaban J connectivity index is 2.16. The summed E-state index contributed by atoms with van der Waals surface area (Å²) in [7, 11) is 0. The van der Waals surface area contributed by atoms with Crippen molar-refractivity contribution in [1.29, 1.82) is 0 Å². The van der Waals surface area contributed by atoms with Gasteiger partial charge in [0.2, 0.25) is 0 Å². The molecule has 0 atom stereocenters. The zero-order chi connectivity index (χ0) is 35.4. The van der Waals surface area contributed by atoms with Crippen LogP contribution in [0.1, 0.15) is 31.8 Å². The number of fused-ring (bicyclic) bond motifs is 2. The Kier molecular flexibility index (Phi) is 10.1. The van der Waals surface area contributed by atoms with E-state index >= 15 is 0 Å². The SMILES string of the molecule is O=C(O)CN(CC(=O)O)Cc1cc2c(-c3ccccc3C(=O)O)c3c(C(=O)O)c(CN(CC(=O)O)CC(=O)O)c(=O)cc-3oc2cc1O. The molecule has 48 heavy (non-hydrogen) atoms. The van der Waals surface area contributed by atoms with Crippen LogP contribution in [0.5, 0.6) is 5.75 Å². The van der Waals surface area contributed by atoms with E-state index in [4.69, 9.17) is 4.42 Å². The van der Waals surface area contributed by atoms with Crippen LogP contribution < -0.4 is 5.43 Å². The molecule has 0 unspecified atom stereocenters. The highest BCUT2D eigenvalue weighted by Gasteiger charge is 2.32. The van der Waals surface area contributed by atoms with Gasteiger partial charge >= 0.3 is 35.8 Å². The van der Waals surface area contributed by atoms with Crippen molar-refractivity contribution in [2.75, 3.05) is 26.2 Å². The molecule has 0 aromatic heterocycles. The minimum atomic E-state index is -1.73. The summed E-state index contributed by atoms with van der Waals surface area (Å²) in [6, 6.07) is 8.54. The highest BCUT2D eigenvalue weighted by atomic mass is 16.4. The Labute approximate surface area is 268 Å². The number of hydrogen-bond donors (Lipinski definition) is 7. The molecular formula is C31H26N2O15. The number of aromatic hydroxyl groups is 1. The van der Waals surface area contributed by atoms with Crippen LogP contribution in [-0.2, 0) is 32.3 Å². The molecule has 17 heteroatoms. The Morgan fingerprint density at radius 2 is 1.21 bits per heavy atom. The molecule has 2 aromatic carbocycles. The van der Waals surface area contributed by atoms with E-state index in [-0.39, 0.29) is 44.5 Å². The van der Waals surface area contributed by atoms with E-state index in [0.717, 1.165) is 21.9 Å². The normalized spacial score (nSPS) is 11.3. The molecule has 0 saturated heterocycles. The number of phenols is 1. The number of carboxylic acids is 6. The lowest BCUT2D eigenvalue weighted by atomic mass is 9.85. The van der Waals surface area contributed by atoms with Crippen LogP contribution in [0.25, 0.3) is 33.4 Å². The van der Waals surface area contributed by atoms with Crippen molar-refractivity contribution in [3.63, 3.8) is 0 Å². The van der Waals surface area contributed by atoms with E-state index < -0.39 is 97.4 Å². The first-order chi connectivity index (χ1) is 22.6. The Bertz CT molecular complexity index is 1980. The van der Waals surface area contributed by atoms with E-state index in [0.29, 0.717) is 0 Å². The molecule has 7 N–H and O–H groups in total. The van der Waals surface area contributed by atoms with Crippen LogP contribution in [0.4, 0.5) is 0 Å². The van der Waals surface area contributed by atoms with Gasteiger partial charge in [-0.05, 0) is 17.7 Å². The molecule has 1 aliphatic heterocycles. The number of phenolic OH excluding ortho intramolecular Hbond substituents is 1. The molecule has 1 heterocycles. The highest BCUT2D eigenvalue weighted by molar-refractivity contribution is 6.12. The number of nitrogens with zero attached hydrogens (tertiary/aromatic N) is 2. The summed E-state index contributed by atoms with van der Waals surface area (Å²) in [6.45, 7) is -4.47. The van der Waals surface area contributed by atoms with Crippen molar-refractivity contribution in [2.24, 2.45) is 0 Å². The molecule has 250 valence electrons. The summed E-state index contributed by atoms with van der Waals surface area (Å²) in [5.41, 5.74) is -3.35. The van der Waals surface area contributed by atoms with Gasteiger partial charge in [-0.3, -0.25) is 33.8 Å². The van der Waals surface area contributed by atoms with Crippen LogP contribution in [-0.4, -0.2) is 108 Å². The van der Waals surface area contributed by atoms with Gasteiger partial charge in [0.25, 0.3) is 0 Å². The van der Waals surface area contributed by atoms with Crippen LogP contribution in [0.15, 0.2) is 51.7 Å². The van der Waals surface area contributed by atoms with E-state index in [1.165, 1.54) is 30.3 Å². The maximum absolute atomic E-state index is 13.4. The summed E-state index contributed by atoms with van der Waals surface area (Å²) in [4.78, 5) is 86.1. The van der Waals surface area contributed by atoms with Gasteiger partial charge in [0.15, 0.2) is 5.43 Å². The third kappa shape index (κ3) is 7.54. The van der Waals surface area contributed by atoms with Crippen LogP contribution in [0.3, 0.4) is 0 Å². The first kappa shape index (κ1) is 34.5. The molecule has 2 aromatic rings. The standard InChI is InChI=1S/C31H26N2O15/c34-19-6-21-17(5-14(19)8-32(10-23(36)37)11-24(38)39)27(15-3-1-2-4-16(15)30(44)45)29-22(48-21)7-20(35)18(28(29)31(46)47)9-33(12-25(40)41)13-26(42)43/h1-7,34H,8-13H2,(H,36,37)(H,38,39)(H,40,41)(H,42,43)(H,44,45)(H,46,47). The summed E-state index contributed by atoms with van der Waals surface area (Å²) in [5, 5.41) is 68.5. The average Bonchev–Trinajstić information content (AvgIpc) is 2.95. The van der Waals surface area contributed by atoms with Gasteiger partial charge in [0, 0.05) is 52.9 Å². The second-order valence-corrected chi connectivity index (χ2v) is 10.6. The molecule has 0 fully saturated rings. The molecule has 2 aliphatic rings. The lowest BCUT2D eigenvalue weighted by Gasteiger charge is -2.24. The van der Waals surface area contributed by atoms with Gasteiger partial charge in [0.05, 0.1) is 37.3 Å². The van der Waals surface area contributed by atoms with E-state index in [9.17, 15) is 69.3 Å². The quantitative estimate of drug-likeness (QED) is 0.0887. The van der Waals surface area contributed by atoms with Crippen molar-refractivity contribution < 1.29 is 68.9 Å². The van der Waals surface area contributed by atoms with Crippen molar-refractivity contribution in [3.8, 4) is 28.2 Å². The van der Waals surface area contributed by atoms with E-state index in [2.05, 4.69) is 0 Å². The maximum Gasteiger partial charge on any atom is 0.336 e. The second-order valence-electron chi connectivity index (χ2n) is 10.6. The van der Waals surface area contributed by atoms with Gasteiger partial charge in [-0.2, -0.15) is 0 Å². The topological polar surface area (TPSA) is 281 Å². The Morgan fingerprint density at radius 1 is 0.667 bits per heavy atom. The molecule has 17 nitrogen and oxygen atoms in total. The number of hydrogen-bond acceptors (Lipinski definition) is 11. The number of aromatic carboxylic acids is 2. The number of benzene rings is 3. The predicted molar refractivity (Wildman–Crippen MR) is 161 cm³/mol. The molecule has 0 spiro atoms. The molecule has 0 saturated carbocycles. The summed E-state index contributed by atoms with van der Waals surface area (Å²) in [6.07, 6.45) is 0. The molecule has 1 aliphatic carbocycles. The second kappa shape index (κ2) is 14.0. The fraction of sp³-hybridized carbons (Fsp3) is 0.194. The average molecular weight is 667 g/mol. The van der Waals surface area contributed by atoms with Crippen molar-refractivity contribution in [2.45, 2.75) is 13.1 Å². The lowest BCUT2D eigenvalue weighted by molar-refractivity contribution is -0.144. The molecule has 0 bridgehead atoms. The summed E-state index contributed by atoms with van der Waals surface area (Å²) >= 11 is 0. The summed E-state index contributed by atoms with van der Waals surface area (Å²) in [5.74, 6) is -9.73. The third-order valence-electron chi connectivity index (χ3n) is 7.13. The van der Waals surface area contributed by atoms with Crippen LogP contribution >= 0.6 is 0 Å². The monoisotopic (exact) mass is 666 g/mol. The zero-order valence-electron chi connectivity index (χ0n) is 24.6. The van der Waals surface area contributed by atoms with Gasteiger partial charge in [-0.15, -0.1) is 0 Å². The van der Waals surface area contributed by atoms with Gasteiger partial charge in [0.1, 0.15) is 17.1 Å². The predicted octanol–water partition coefficient (Wildman–Crippen LogP) is 1.61. The lowest BCUT2D eigenvalue weighted by Crippen LogP contribution is -2.36. The van der Waals surface area contributed by atoms with E-state index in [1.54, 1.807) is 0 Å². The molecular weight excluding hydrogens is 640 g/mol. The number of rotatable bonds is 15. The first-order valence-electron chi connectivity index (χ1n) is 13.7. The number of aliphatic carboxylic acids is 4. The highest BCUT2D eigenvalue weighted by Crippen LogP contribution is 2.45. The number of carbonyl (C=O) groups is 6. The molecule has 0 amide bonds. The molecule has 4 rings (SSSR count). The van der Waals surface area contributed by atoms with Gasteiger partial charge in [-0.1, -0.05) is 18.2 Å². The maximum atomic E-state index is 13.4. The fourth-order valence-electron chi connectivity index (χ4n) is 5.40. The smallest absolute Gasteiger partial charge is 0.336 e. The first-order valence-corrected chi connectivity index (χ1v) is 13.7. The minimum absolute atomic E-state index is 0.0328.